The van der Waals surface area contributed by atoms with Gasteiger partial charge in [-0.25, -0.2) is 0 Å². The van der Waals surface area contributed by atoms with Crippen LogP contribution in [0.3, 0.4) is 0 Å². The number of hydrogen-bond donors (Lipinski definition) is 1. The Hall–Kier alpha value is -1.59. The smallest absolute Gasteiger partial charge is 0.222 e. The molecule has 2 heterocycles. The van der Waals surface area contributed by atoms with Gasteiger partial charge in [-0.05, 0) is 49.9 Å². The highest BCUT2D eigenvalue weighted by molar-refractivity contribution is 6.30. The summed E-state index contributed by atoms with van der Waals surface area (Å²) in [6.45, 7) is 4.15. The second-order valence-electron chi connectivity index (χ2n) is 7.71. The van der Waals surface area contributed by atoms with E-state index in [1.807, 2.05) is 17.0 Å². The first kappa shape index (κ1) is 20.2. The van der Waals surface area contributed by atoms with Crippen LogP contribution < -0.4 is 5.32 Å². The van der Waals surface area contributed by atoms with Crippen LogP contribution in [-0.2, 0) is 16.1 Å². The fourth-order valence-corrected chi connectivity index (χ4v) is 4.10. The number of benzene rings is 1. The van der Waals surface area contributed by atoms with Gasteiger partial charge in [-0.1, -0.05) is 30.2 Å². The monoisotopic (exact) mass is 391 g/mol. The van der Waals surface area contributed by atoms with Gasteiger partial charge in [-0.2, -0.15) is 0 Å². The maximum absolute atomic E-state index is 12.4. The highest BCUT2D eigenvalue weighted by Crippen LogP contribution is 2.16. The van der Waals surface area contributed by atoms with Crippen LogP contribution >= 0.6 is 11.6 Å². The van der Waals surface area contributed by atoms with Crippen molar-refractivity contribution in [2.45, 2.75) is 57.5 Å². The second kappa shape index (κ2) is 10.1. The van der Waals surface area contributed by atoms with Crippen molar-refractivity contribution >= 4 is 23.4 Å². The van der Waals surface area contributed by atoms with Crippen LogP contribution in [0, 0.1) is 0 Å². The lowest BCUT2D eigenvalue weighted by atomic mass is 10.0. The summed E-state index contributed by atoms with van der Waals surface area (Å²) in [6.07, 6.45) is 6.28. The van der Waals surface area contributed by atoms with E-state index < -0.39 is 0 Å². The van der Waals surface area contributed by atoms with Crippen LogP contribution in [0.1, 0.15) is 50.5 Å². The molecule has 1 aromatic rings. The number of halogens is 1. The SMILES string of the molecule is O=C(CCN1CCCCCC1=O)N[C@@H]1CCCN(Cc2ccc(Cl)cc2)C1. The summed E-state index contributed by atoms with van der Waals surface area (Å²) < 4.78 is 0. The van der Waals surface area contributed by atoms with E-state index in [-0.39, 0.29) is 17.9 Å². The summed E-state index contributed by atoms with van der Waals surface area (Å²) in [4.78, 5) is 28.6. The number of likely N-dealkylation sites (tertiary alicyclic amines) is 2. The number of amides is 2. The molecule has 1 N–H and O–H groups in total. The Labute approximate surface area is 167 Å². The van der Waals surface area contributed by atoms with Crippen molar-refractivity contribution < 1.29 is 9.59 Å². The molecule has 3 rings (SSSR count). The average molecular weight is 392 g/mol. The van der Waals surface area contributed by atoms with Gasteiger partial charge in [0.15, 0.2) is 0 Å². The number of piperidine rings is 1. The summed E-state index contributed by atoms with van der Waals surface area (Å²) in [5.74, 6) is 0.262. The maximum Gasteiger partial charge on any atom is 0.222 e. The molecule has 6 heteroatoms. The van der Waals surface area contributed by atoms with Crippen molar-refractivity contribution in [3.8, 4) is 0 Å². The molecule has 2 amide bonds. The number of hydrogen-bond acceptors (Lipinski definition) is 3. The van der Waals surface area contributed by atoms with Gasteiger partial charge in [0.1, 0.15) is 0 Å². The summed E-state index contributed by atoms with van der Waals surface area (Å²) in [5, 5.41) is 3.93. The number of carbonyl (C=O) groups excluding carboxylic acids is 2. The zero-order valence-corrected chi connectivity index (χ0v) is 16.7. The maximum atomic E-state index is 12.4. The van der Waals surface area contributed by atoms with Gasteiger partial charge in [0.2, 0.25) is 11.8 Å². The van der Waals surface area contributed by atoms with Crippen LogP contribution in [-0.4, -0.2) is 53.8 Å². The fraction of sp³-hybridized carbons (Fsp3) is 0.619. The van der Waals surface area contributed by atoms with Crippen LogP contribution in [0.25, 0.3) is 0 Å². The molecule has 0 aromatic heterocycles. The molecule has 1 atom stereocenters. The molecule has 1 aromatic carbocycles. The number of nitrogens with one attached hydrogen (secondary N) is 1. The van der Waals surface area contributed by atoms with Gasteiger partial charge in [0.25, 0.3) is 0 Å². The molecule has 27 heavy (non-hydrogen) atoms. The number of rotatable bonds is 6. The van der Waals surface area contributed by atoms with E-state index in [0.717, 1.165) is 63.3 Å². The molecule has 2 saturated heterocycles. The van der Waals surface area contributed by atoms with Gasteiger partial charge in [0, 0.05) is 50.1 Å². The van der Waals surface area contributed by atoms with Gasteiger partial charge in [-0.3, -0.25) is 14.5 Å². The summed E-state index contributed by atoms with van der Waals surface area (Å²) in [6, 6.07) is 8.15. The third-order valence-corrected chi connectivity index (χ3v) is 5.72. The van der Waals surface area contributed by atoms with E-state index in [2.05, 4.69) is 22.3 Å². The third-order valence-electron chi connectivity index (χ3n) is 5.47. The van der Waals surface area contributed by atoms with E-state index in [9.17, 15) is 9.59 Å². The Bertz CT molecular complexity index is 635. The Kier molecular flexibility index (Phi) is 7.53. The van der Waals surface area contributed by atoms with Crippen molar-refractivity contribution in [3.63, 3.8) is 0 Å². The first-order valence-electron chi connectivity index (χ1n) is 10.1. The standard InChI is InChI=1S/C21H30ClN3O2/c22-18-9-7-17(8-10-18)15-24-12-4-5-19(16-24)23-20(26)11-14-25-13-3-1-2-6-21(25)27/h7-10,19H,1-6,11-16H2,(H,23,26)/t19-/m1/s1. The highest BCUT2D eigenvalue weighted by Gasteiger charge is 2.22. The third kappa shape index (κ3) is 6.51. The van der Waals surface area contributed by atoms with Crippen LogP contribution in [0.15, 0.2) is 24.3 Å². The van der Waals surface area contributed by atoms with Gasteiger partial charge in [0.05, 0.1) is 0 Å². The molecule has 0 saturated carbocycles. The molecule has 0 spiro atoms. The first-order valence-corrected chi connectivity index (χ1v) is 10.5. The molecule has 148 valence electrons. The largest absolute Gasteiger partial charge is 0.352 e. The molecular weight excluding hydrogens is 362 g/mol. The molecule has 5 nitrogen and oxygen atoms in total. The molecule has 0 radical (unpaired) electrons. The molecule has 0 aliphatic carbocycles. The van der Waals surface area contributed by atoms with Crippen LogP contribution in [0.4, 0.5) is 0 Å². The van der Waals surface area contributed by atoms with E-state index in [1.54, 1.807) is 0 Å². The van der Waals surface area contributed by atoms with Crippen molar-refractivity contribution in [1.29, 1.82) is 0 Å². The minimum atomic E-state index is 0.0605. The zero-order valence-electron chi connectivity index (χ0n) is 16.0. The number of carbonyl (C=O) groups is 2. The predicted molar refractivity (Wildman–Crippen MR) is 108 cm³/mol. The predicted octanol–water partition coefficient (Wildman–Crippen LogP) is 3.21. The molecule has 0 unspecified atom stereocenters. The van der Waals surface area contributed by atoms with Crippen LogP contribution in [0.2, 0.25) is 5.02 Å². The van der Waals surface area contributed by atoms with Crippen molar-refractivity contribution in [2.75, 3.05) is 26.2 Å². The molecule has 2 aliphatic heterocycles. The topological polar surface area (TPSA) is 52.7 Å². The number of nitrogens with zero attached hydrogens (tertiary/aromatic N) is 2. The van der Waals surface area contributed by atoms with Gasteiger partial charge < -0.3 is 10.2 Å². The molecule has 0 bridgehead atoms. The van der Waals surface area contributed by atoms with Gasteiger partial charge in [-0.15, -0.1) is 0 Å². The normalized spacial score (nSPS) is 21.7. The summed E-state index contributed by atoms with van der Waals surface area (Å²) >= 11 is 5.95. The lowest BCUT2D eigenvalue weighted by Crippen LogP contribution is -2.48. The van der Waals surface area contributed by atoms with E-state index in [4.69, 9.17) is 11.6 Å². The van der Waals surface area contributed by atoms with Crippen molar-refractivity contribution in [2.24, 2.45) is 0 Å². The molecule has 2 aliphatic rings. The molecule has 2 fully saturated rings. The lowest BCUT2D eigenvalue weighted by Gasteiger charge is -2.33. The van der Waals surface area contributed by atoms with Crippen LogP contribution in [0.5, 0.6) is 0 Å². The summed E-state index contributed by atoms with van der Waals surface area (Å²) in [5.41, 5.74) is 1.24. The average Bonchev–Trinajstić information content (AvgIpc) is 2.86. The fourth-order valence-electron chi connectivity index (χ4n) is 3.98. The van der Waals surface area contributed by atoms with Crippen molar-refractivity contribution in [1.82, 2.24) is 15.1 Å². The van der Waals surface area contributed by atoms with Gasteiger partial charge >= 0.3 is 0 Å². The Morgan fingerprint density at radius 2 is 1.93 bits per heavy atom. The Balaban J connectivity index is 1.42. The minimum Gasteiger partial charge on any atom is -0.352 e. The Morgan fingerprint density at radius 3 is 2.74 bits per heavy atom. The van der Waals surface area contributed by atoms with E-state index in [1.165, 1.54) is 5.56 Å². The van der Waals surface area contributed by atoms with E-state index >= 15 is 0 Å². The highest BCUT2D eigenvalue weighted by atomic mass is 35.5. The first-order chi connectivity index (χ1) is 13.1. The second-order valence-corrected chi connectivity index (χ2v) is 8.15. The zero-order chi connectivity index (χ0) is 19.1. The Morgan fingerprint density at radius 1 is 1.11 bits per heavy atom. The summed E-state index contributed by atoms with van der Waals surface area (Å²) in [7, 11) is 0. The molecular formula is C21H30ClN3O2. The van der Waals surface area contributed by atoms with Crippen molar-refractivity contribution in [3.05, 3.63) is 34.9 Å². The minimum absolute atomic E-state index is 0.0605. The van der Waals surface area contributed by atoms with E-state index in [0.29, 0.717) is 19.4 Å². The lowest BCUT2D eigenvalue weighted by molar-refractivity contribution is -0.131. The quantitative estimate of drug-likeness (QED) is 0.810.